The summed E-state index contributed by atoms with van der Waals surface area (Å²) in [5.41, 5.74) is 7.28. The number of barbiturate groups is 1. The summed E-state index contributed by atoms with van der Waals surface area (Å²) in [6.07, 6.45) is 2.22. The summed E-state index contributed by atoms with van der Waals surface area (Å²) in [6, 6.07) is 15.0. The second-order valence-electron chi connectivity index (χ2n) is 9.33. The lowest BCUT2D eigenvalue weighted by Gasteiger charge is -2.28. The van der Waals surface area contributed by atoms with Crippen molar-refractivity contribution in [3.8, 4) is 5.75 Å². The second kappa shape index (κ2) is 10.9. The number of nitrogens with zero attached hydrogens (tertiary/aromatic N) is 1. The molecular formula is C30H29IN2O4. The molecule has 0 unspecified atom stereocenters. The highest BCUT2D eigenvalue weighted by atomic mass is 127. The summed E-state index contributed by atoms with van der Waals surface area (Å²) >= 11 is 2.27. The number of anilines is 1. The van der Waals surface area contributed by atoms with Crippen LogP contribution in [-0.4, -0.2) is 24.5 Å². The van der Waals surface area contributed by atoms with Crippen molar-refractivity contribution in [3.63, 3.8) is 0 Å². The molecule has 0 radical (unpaired) electrons. The van der Waals surface area contributed by atoms with Crippen molar-refractivity contribution in [2.75, 3.05) is 11.5 Å². The van der Waals surface area contributed by atoms with Crippen molar-refractivity contribution < 1.29 is 19.1 Å². The molecule has 1 N–H and O–H groups in total. The number of amides is 4. The molecule has 0 atom stereocenters. The van der Waals surface area contributed by atoms with Gasteiger partial charge in [-0.2, -0.15) is 0 Å². The highest BCUT2D eigenvalue weighted by Gasteiger charge is 2.37. The number of ether oxygens (including phenoxy) is 1. The summed E-state index contributed by atoms with van der Waals surface area (Å²) in [6.45, 7) is 10.3. The number of hydrogen-bond acceptors (Lipinski definition) is 4. The van der Waals surface area contributed by atoms with Crippen LogP contribution in [0.1, 0.15) is 45.9 Å². The number of aryl methyl sites for hydroxylation is 4. The predicted octanol–water partition coefficient (Wildman–Crippen LogP) is 6.18. The van der Waals surface area contributed by atoms with E-state index in [9.17, 15) is 14.4 Å². The Morgan fingerprint density at radius 1 is 0.919 bits per heavy atom. The number of benzene rings is 3. The number of carbonyl (C=O) groups is 3. The molecule has 1 saturated heterocycles. The van der Waals surface area contributed by atoms with Crippen molar-refractivity contribution >= 4 is 52.2 Å². The molecule has 0 saturated carbocycles. The number of carbonyl (C=O) groups excluding carboxylic acids is 3. The van der Waals surface area contributed by atoms with Crippen LogP contribution in [-0.2, 0) is 16.0 Å². The molecule has 190 valence electrons. The average molecular weight is 608 g/mol. The first-order valence-electron chi connectivity index (χ1n) is 12.1. The standard InChI is InChI=1S/C30H29IN2O4/c1-6-37-27-16-22(15-25(31)23(27)13-21-10-18(3)9-19(4)11-21)14-24-28(34)32-30(36)33(29(24)35)26-12-17(2)7-8-20(26)5/h7-12,14-16H,6,13H2,1-5H3,(H,32,34,36)/b24-14+. The first-order chi connectivity index (χ1) is 17.6. The SMILES string of the molecule is CCOc1cc(/C=C2\C(=O)NC(=O)N(c3cc(C)ccc3C)C2=O)cc(I)c1Cc1cc(C)cc(C)c1. The number of imide groups is 2. The second-order valence-corrected chi connectivity index (χ2v) is 10.5. The van der Waals surface area contributed by atoms with Gasteiger partial charge in [-0.05, 0) is 104 Å². The van der Waals surface area contributed by atoms with E-state index < -0.39 is 17.8 Å². The summed E-state index contributed by atoms with van der Waals surface area (Å²) in [4.78, 5) is 39.8. The highest BCUT2D eigenvalue weighted by molar-refractivity contribution is 14.1. The van der Waals surface area contributed by atoms with Gasteiger partial charge in [0.25, 0.3) is 11.8 Å². The van der Waals surface area contributed by atoms with Gasteiger partial charge < -0.3 is 4.74 Å². The predicted molar refractivity (Wildman–Crippen MR) is 154 cm³/mol. The Hall–Kier alpha value is -3.46. The molecule has 1 fully saturated rings. The topological polar surface area (TPSA) is 75.7 Å². The fraction of sp³-hybridized carbons (Fsp3) is 0.233. The minimum Gasteiger partial charge on any atom is -0.494 e. The Labute approximate surface area is 230 Å². The monoisotopic (exact) mass is 608 g/mol. The lowest BCUT2D eigenvalue weighted by Crippen LogP contribution is -2.54. The summed E-state index contributed by atoms with van der Waals surface area (Å²) in [7, 11) is 0. The number of nitrogens with one attached hydrogen (secondary N) is 1. The van der Waals surface area contributed by atoms with E-state index in [0.29, 0.717) is 30.0 Å². The van der Waals surface area contributed by atoms with Crippen molar-refractivity contribution in [2.45, 2.75) is 41.0 Å². The van der Waals surface area contributed by atoms with Crippen LogP contribution in [0.5, 0.6) is 5.75 Å². The van der Waals surface area contributed by atoms with Crippen LogP contribution < -0.4 is 15.0 Å². The summed E-state index contributed by atoms with van der Waals surface area (Å²) in [5, 5.41) is 2.31. The van der Waals surface area contributed by atoms with Crippen LogP contribution in [0.4, 0.5) is 10.5 Å². The molecule has 4 rings (SSSR count). The number of urea groups is 1. The molecular weight excluding hydrogens is 579 g/mol. The van der Waals surface area contributed by atoms with Gasteiger partial charge in [0.1, 0.15) is 11.3 Å². The lowest BCUT2D eigenvalue weighted by atomic mass is 9.98. The van der Waals surface area contributed by atoms with E-state index in [1.807, 2.05) is 45.0 Å². The third-order valence-corrected chi connectivity index (χ3v) is 7.12. The quantitative estimate of drug-likeness (QED) is 0.206. The van der Waals surface area contributed by atoms with E-state index in [1.54, 1.807) is 6.07 Å². The van der Waals surface area contributed by atoms with Crippen LogP contribution in [0.3, 0.4) is 0 Å². The molecule has 1 aliphatic heterocycles. The van der Waals surface area contributed by atoms with Crippen molar-refractivity contribution in [1.29, 1.82) is 0 Å². The normalized spacial score (nSPS) is 14.8. The number of hydrogen-bond donors (Lipinski definition) is 1. The van der Waals surface area contributed by atoms with Crippen LogP contribution in [0, 0.1) is 31.3 Å². The maximum Gasteiger partial charge on any atom is 0.335 e. The van der Waals surface area contributed by atoms with Crippen LogP contribution in [0.25, 0.3) is 6.08 Å². The molecule has 3 aromatic rings. The molecule has 0 spiro atoms. The van der Waals surface area contributed by atoms with E-state index in [4.69, 9.17) is 4.74 Å². The maximum absolute atomic E-state index is 13.4. The van der Waals surface area contributed by atoms with E-state index in [0.717, 1.165) is 25.2 Å². The van der Waals surface area contributed by atoms with Crippen LogP contribution in [0.15, 0.2) is 54.1 Å². The fourth-order valence-electron chi connectivity index (χ4n) is 4.55. The van der Waals surface area contributed by atoms with Crippen molar-refractivity contribution in [2.24, 2.45) is 0 Å². The Morgan fingerprint density at radius 2 is 1.62 bits per heavy atom. The molecule has 3 aromatic carbocycles. The average Bonchev–Trinajstić information content (AvgIpc) is 2.80. The van der Waals surface area contributed by atoms with Crippen LogP contribution >= 0.6 is 22.6 Å². The third-order valence-electron chi connectivity index (χ3n) is 6.16. The van der Waals surface area contributed by atoms with Gasteiger partial charge in [0.05, 0.1) is 12.3 Å². The van der Waals surface area contributed by atoms with E-state index in [-0.39, 0.29) is 5.57 Å². The Bertz CT molecular complexity index is 1440. The third kappa shape index (κ3) is 5.77. The minimum atomic E-state index is -0.755. The Balaban J connectivity index is 1.74. The summed E-state index contributed by atoms with van der Waals surface area (Å²) in [5.74, 6) is -0.676. The van der Waals surface area contributed by atoms with Gasteiger partial charge in [-0.3, -0.25) is 14.9 Å². The smallest absolute Gasteiger partial charge is 0.335 e. The fourth-order valence-corrected chi connectivity index (χ4v) is 5.36. The molecule has 0 aliphatic carbocycles. The molecule has 37 heavy (non-hydrogen) atoms. The molecule has 4 amide bonds. The van der Waals surface area contributed by atoms with E-state index >= 15 is 0 Å². The van der Waals surface area contributed by atoms with Gasteiger partial charge in [-0.25, -0.2) is 9.69 Å². The van der Waals surface area contributed by atoms with Gasteiger partial charge >= 0.3 is 6.03 Å². The number of rotatable bonds is 6. The lowest BCUT2D eigenvalue weighted by molar-refractivity contribution is -0.122. The van der Waals surface area contributed by atoms with Crippen LogP contribution in [0.2, 0.25) is 0 Å². The van der Waals surface area contributed by atoms with Gasteiger partial charge in [0.2, 0.25) is 0 Å². The zero-order chi connectivity index (χ0) is 26.9. The molecule has 1 heterocycles. The van der Waals surface area contributed by atoms with Gasteiger partial charge in [-0.1, -0.05) is 41.5 Å². The van der Waals surface area contributed by atoms with Gasteiger partial charge in [-0.15, -0.1) is 0 Å². The minimum absolute atomic E-state index is 0.110. The first kappa shape index (κ1) is 26.6. The van der Waals surface area contributed by atoms with E-state index in [1.165, 1.54) is 22.8 Å². The van der Waals surface area contributed by atoms with Crippen molar-refractivity contribution in [3.05, 3.63) is 96.6 Å². The largest absolute Gasteiger partial charge is 0.494 e. The molecule has 0 aromatic heterocycles. The maximum atomic E-state index is 13.4. The Morgan fingerprint density at radius 3 is 2.30 bits per heavy atom. The first-order valence-corrected chi connectivity index (χ1v) is 13.2. The number of halogens is 1. The van der Waals surface area contributed by atoms with Gasteiger partial charge in [0, 0.05) is 15.6 Å². The zero-order valence-corrected chi connectivity index (χ0v) is 23.7. The molecule has 6 nitrogen and oxygen atoms in total. The molecule has 1 aliphatic rings. The highest BCUT2D eigenvalue weighted by Crippen LogP contribution is 2.32. The van der Waals surface area contributed by atoms with E-state index in [2.05, 4.69) is 60.0 Å². The van der Waals surface area contributed by atoms with Crippen molar-refractivity contribution in [1.82, 2.24) is 5.32 Å². The molecule has 0 bridgehead atoms. The molecule has 7 heteroatoms. The van der Waals surface area contributed by atoms with Gasteiger partial charge in [0.15, 0.2) is 0 Å². The zero-order valence-electron chi connectivity index (χ0n) is 21.6. The summed E-state index contributed by atoms with van der Waals surface area (Å²) < 4.78 is 6.95. The Kier molecular flexibility index (Phi) is 7.82.